The van der Waals surface area contributed by atoms with Crippen LogP contribution >= 0.6 is 0 Å². The van der Waals surface area contributed by atoms with Crippen LogP contribution in [0.5, 0.6) is 17.2 Å². The van der Waals surface area contributed by atoms with E-state index in [1.807, 2.05) is 30.3 Å². The fraction of sp³-hybridized carbons (Fsp3) is 0.235. The van der Waals surface area contributed by atoms with Crippen molar-refractivity contribution in [2.24, 2.45) is 0 Å². The quantitative estimate of drug-likeness (QED) is 0.290. The van der Waals surface area contributed by atoms with E-state index in [9.17, 15) is 19.6 Å². The number of alkyl carbamates (subject to hydrolysis) is 1. The standard InChI is InChI=1S/C34H29FN2O6/c1-40-26-16-28(41-2)31-29(17-26)43-34(24-13-11-21(19-36)12-14-24)27(23-9-6-10-25(35)15-23)18-30(33(31,34)39)37-32(38)42-20-22-7-4-3-5-8-22/h3-17,27,30,39H,18,20H2,1-2H3,(H,37,38). The first-order valence-electron chi connectivity index (χ1n) is 13.7. The molecule has 1 amide bonds. The largest absolute Gasteiger partial charge is 0.496 e. The molecule has 0 aromatic heterocycles. The topological polar surface area (TPSA) is 110 Å². The Morgan fingerprint density at radius 3 is 2.49 bits per heavy atom. The monoisotopic (exact) mass is 580 g/mol. The molecule has 4 unspecified atom stereocenters. The van der Waals surface area contributed by atoms with Gasteiger partial charge in [-0.1, -0.05) is 54.6 Å². The molecule has 4 atom stereocenters. The zero-order chi connectivity index (χ0) is 30.2. The summed E-state index contributed by atoms with van der Waals surface area (Å²) in [5, 5.41) is 25.5. The molecule has 218 valence electrons. The number of nitriles is 1. The average molecular weight is 581 g/mol. The molecule has 2 N–H and O–H groups in total. The molecule has 1 aliphatic carbocycles. The van der Waals surface area contributed by atoms with E-state index in [2.05, 4.69) is 11.4 Å². The summed E-state index contributed by atoms with van der Waals surface area (Å²) in [6, 6.07) is 26.4. The Morgan fingerprint density at radius 2 is 1.81 bits per heavy atom. The fourth-order valence-electron chi connectivity index (χ4n) is 6.52. The molecule has 4 aromatic carbocycles. The predicted molar refractivity (Wildman–Crippen MR) is 154 cm³/mol. The lowest BCUT2D eigenvalue weighted by Crippen LogP contribution is -2.56. The van der Waals surface area contributed by atoms with E-state index in [0.717, 1.165) is 5.56 Å². The molecule has 1 heterocycles. The summed E-state index contributed by atoms with van der Waals surface area (Å²) in [5.74, 6) is -0.110. The Labute approximate surface area is 248 Å². The van der Waals surface area contributed by atoms with E-state index in [0.29, 0.717) is 28.0 Å². The van der Waals surface area contributed by atoms with Gasteiger partial charge in [0.15, 0.2) is 11.2 Å². The van der Waals surface area contributed by atoms with Crippen LogP contribution in [-0.2, 0) is 22.5 Å². The first kappa shape index (κ1) is 28.1. The van der Waals surface area contributed by atoms with Crippen LogP contribution in [0.15, 0.2) is 91.0 Å². The normalized spacial score (nSPS) is 23.3. The van der Waals surface area contributed by atoms with Crippen molar-refractivity contribution in [2.45, 2.75) is 36.2 Å². The van der Waals surface area contributed by atoms with E-state index in [1.54, 1.807) is 48.5 Å². The van der Waals surface area contributed by atoms with Gasteiger partial charge in [0.2, 0.25) is 0 Å². The number of benzene rings is 4. The van der Waals surface area contributed by atoms with E-state index in [1.165, 1.54) is 26.4 Å². The highest BCUT2D eigenvalue weighted by Crippen LogP contribution is 2.68. The molecule has 8 nitrogen and oxygen atoms in total. The second kappa shape index (κ2) is 11.0. The zero-order valence-electron chi connectivity index (χ0n) is 23.5. The van der Waals surface area contributed by atoms with Crippen LogP contribution in [0.2, 0.25) is 0 Å². The summed E-state index contributed by atoms with van der Waals surface area (Å²) in [7, 11) is 2.97. The van der Waals surface area contributed by atoms with Gasteiger partial charge in [-0.15, -0.1) is 0 Å². The summed E-state index contributed by atoms with van der Waals surface area (Å²) < 4.78 is 38.2. The third-order valence-electron chi connectivity index (χ3n) is 8.38. The van der Waals surface area contributed by atoms with Gasteiger partial charge in [-0.05, 0) is 47.4 Å². The maximum absolute atomic E-state index is 14.7. The minimum absolute atomic E-state index is 0.0273. The lowest BCUT2D eigenvalue weighted by Gasteiger charge is -2.41. The maximum atomic E-state index is 14.7. The average Bonchev–Trinajstić information content (AvgIpc) is 3.44. The van der Waals surface area contributed by atoms with Crippen molar-refractivity contribution in [3.63, 3.8) is 0 Å². The highest BCUT2D eigenvalue weighted by Gasteiger charge is 2.74. The van der Waals surface area contributed by atoms with Crippen LogP contribution in [0.1, 0.15) is 40.2 Å². The van der Waals surface area contributed by atoms with Crippen LogP contribution in [0.3, 0.4) is 0 Å². The number of ether oxygens (including phenoxy) is 4. The molecule has 4 aromatic rings. The number of fused-ring (bicyclic) bond motifs is 3. The summed E-state index contributed by atoms with van der Waals surface area (Å²) in [4.78, 5) is 13.3. The number of methoxy groups -OCH3 is 2. The highest BCUT2D eigenvalue weighted by atomic mass is 19.1. The minimum atomic E-state index is -1.93. The molecule has 0 bridgehead atoms. The van der Waals surface area contributed by atoms with E-state index in [4.69, 9.17) is 18.9 Å². The molecule has 2 aliphatic rings. The number of aliphatic hydroxyl groups is 1. The third-order valence-corrected chi connectivity index (χ3v) is 8.38. The number of nitrogens with one attached hydrogen (secondary N) is 1. The molecule has 9 heteroatoms. The van der Waals surface area contributed by atoms with Gasteiger partial charge in [-0.3, -0.25) is 0 Å². The lowest BCUT2D eigenvalue weighted by atomic mass is 9.70. The van der Waals surface area contributed by atoms with Crippen LogP contribution in [-0.4, -0.2) is 31.5 Å². The smallest absolute Gasteiger partial charge is 0.407 e. The predicted octanol–water partition coefficient (Wildman–Crippen LogP) is 5.67. The fourth-order valence-corrected chi connectivity index (χ4v) is 6.52. The summed E-state index contributed by atoms with van der Waals surface area (Å²) in [6.07, 6.45) is -0.577. The molecule has 0 radical (unpaired) electrons. The molecule has 0 saturated heterocycles. The molecule has 1 fully saturated rings. The first-order valence-corrected chi connectivity index (χ1v) is 13.7. The van der Waals surface area contributed by atoms with E-state index < -0.39 is 35.1 Å². The molecule has 1 aliphatic heterocycles. The molecular formula is C34H29FN2O6. The highest BCUT2D eigenvalue weighted by molar-refractivity contribution is 5.70. The van der Waals surface area contributed by atoms with Gasteiger partial charge in [0, 0.05) is 18.1 Å². The Kier molecular flexibility index (Phi) is 7.16. The second-order valence-electron chi connectivity index (χ2n) is 10.6. The van der Waals surface area contributed by atoms with Gasteiger partial charge >= 0.3 is 6.09 Å². The minimum Gasteiger partial charge on any atom is -0.496 e. The maximum Gasteiger partial charge on any atom is 0.407 e. The van der Waals surface area contributed by atoms with Crippen LogP contribution < -0.4 is 19.5 Å². The Hall–Kier alpha value is -5.07. The van der Waals surface area contributed by atoms with Gasteiger partial charge < -0.3 is 29.4 Å². The Balaban J connectivity index is 1.53. The van der Waals surface area contributed by atoms with Crippen molar-refractivity contribution in [1.29, 1.82) is 5.26 Å². The molecule has 43 heavy (non-hydrogen) atoms. The van der Waals surface area contributed by atoms with Gasteiger partial charge in [-0.25, -0.2) is 9.18 Å². The molecular weight excluding hydrogens is 551 g/mol. The van der Waals surface area contributed by atoms with Crippen LogP contribution in [0, 0.1) is 17.1 Å². The van der Waals surface area contributed by atoms with Crippen molar-refractivity contribution in [2.75, 3.05) is 14.2 Å². The lowest BCUT2D eigenvalue weighted by molar-refractivity contribution is -0.117. The summed E-state index contributed by atoms with van der Waals surface area (Å²) in [6.45, 7) is 0.0273. The number of carbonyl (C=O) groups is 1. The van der Waals surface area contributed by atoms with Gasteiger partial charge in [0.1, 0.15) is 29.7 Å². The third kappa shape index (κ3) is 4.51. The Bertz CT molecular complexity index is 1710. The number of hydrogen-bond acceptors (Lipinski definition) is 7. The van der Waals surface area contributed by atoms with Crippen LogP contribution in [0.25, 0.3) is 0 Å². The molecule has 6 rings (SSSR count). The van der Waals surface area contributed by atoms with Crippen molar-refractivity contribution >= 4 is 6.09 Å². The number of halogens is 1. The van der Waals surface area contributed by atoms with Gasteiger partial charge in [0.05, 0.1) is 37.5 Å². The number of amides is 1. The number of rotatable bonds is 7. The van der Waals surface area contributed by atoms with E-state index >= 15 is 0 Å². The van der Waals surface area contributed by atoms with Crippen molar-refractivity contribution < 1.29 is 33.2 Å². The zero-order valence-corrected chi connectivity index (χ0v) is 23.5. The number of carbonyl (C=O) groups excluding carboxylic acids is 1. The summed E-state index contributed by atoms with van der Waals surface area (Å²) in [5.41, 5.74) is -0.891. The van der Waals surface area contributed by atoms with Gasteiger partial charge in [-0.2, -0.15) is 5.26 Å². The number of nitrogens with zero attached hydrogens (tertiary/aromatic N) is 1. The first-order chi connectivity index (χ1) is 20.8. The number of hydrogen-bond donors (Lipinski definition) is 2. The molecule has 0 spiro atoms. The summed E-state index contributed by atoms with van der Waals surface area (Å²) >= 11 is 0. The van der Waals surface area contributed by atoms with Crippen molar-refractivity contribution in [1.82, 2.24) is 5.32 Å². The second-order valence-corrected chi connectivity index (χ2v) is 10.6. The molecule has 1 saturated carbocycles. The SMILES string of the molecule is COc1cc(OC)c2c(c1)OC1(c3ccc(C#N)cc3)C(c3cccc(F)c3)CC(NC(=O)OCc3ccccc3)C21O. The van der Waals surface area contributed by atoms with Gasteiger partial charge in [0.25, 0.3) is 0 Å². The van der Waals surface area contributed by atoms with Crippen molar-refractivity contribution in [3.8, 4) is 23.3 Å². The van der Waals surface area contributed by atoms with Crippen LogP contribution in [0.4, 0.5) is 9.18 Å². The Morgan fingerprint density at radius 1 is 1.05 bits per heavy atom. The van der Waals surface area contributed by atoms with Crippen molar-refractivity contribution in [3.05, 3.63) is 125 Å². The van der Waals surface area contributed by atoms with E-state index in [-0.39, 0.29) is 24.5 Å².